The Kier molecular flexibility index (Phi) is 8.35. The third kappa shape index (κ3) is 7.03. The highest BCUT2D eigenvalue weighted by Crippen LogP contribution is 2.20. The molecular formula is C23H33N5O3. The van der Waals surface area contributed by atoms with Gasteiger partial charge in [-0.05, 0) is 37.6 Å². The molecule has 1 fully saturated rings. The minimum atomic E-state index is -0.0393. The SMILES string of the molecule is CN=C(NCc1ccc(N2CCOC(C)C2)nc1)NCC(C)Oc1cccc(OC)c1. The van der Waals surface area contributed by atoms with E-state index in [-0.39, 0.29) is 12.2 Å². The van der Waals surface area contributed by atoms with Crippen LogP contribution in [0.25, 0.3) is 0 Å². The standard InChI is InChI=1S/C23H33N5O3/c1-17(31-21-7-5-6-20(12-21)29-4)13-26-23(24-3)27-15-19-8-9-22(25-14-19)28-10-11-30-18(2)16-28/h5-9,12,14,17-18H,10-11,13,15-16H2,1-4H3,(H2,24,26,27). The number of hydrogen-bond acceptors (Lipinski definition) is 6. The van der Waals surface area contributed by atoms with Crippen LogP contribution in [0.15, 0.2) is 47.6 Å². The maximum atomic E-state index is 5.94. The monoisotopic (exact) mass is 427 g/mol. The van der Waals surface area contributed by atoms with Gasteiger partial charge in [0.05, 0.1) is 26.4 Å². The Hall–Kier alpha value is -3.00. The number of benzene rings is 1. The van der Waals surface area contributed by atoms with E-state index < -0.39 is 0 Å². The smallest absolute Gasteiger partial charge is 0.191 e. The Bertz CT molecular complexity index is 843. The number of morpholine rings is 1. The van der Waals surface area contributed by atoms with Crippen LogP contribution in [0, 0.1) is 0 Å². The minimum absolute atomic E-state index is 0.0393. The Balaban J connectivity index is 1.43. The van der Waals surface area contributed by atoms with Crippen molar-refractivity contribution >= 4 is 11.8 Å². The van der Waals surface area contributed by atoms with Gasteiger partial charge in [0.1, 0.15) is 23.4 Å². The molecule has 1 saturated heterocycles. The Labute approximate surface area is 184 Å². The van der Waals surface area contributed by atoms with E-state index in [0.29, 0.717) is 19.0 Å². The predicted molar refractivity (Wildman–Crippen MR) is 123 cm³/mol. The molecule has 0 aliphatic carbocycles. The first kappa shape index (κ1) is 22.7. The van der Waals surface area contributed by atoms with Gasteiger partial charge in [0, 0.05) is 38.9 Å². The summed E-state index contributed by atoms with van der Waals surface area (Å²) in [7, 11) is 3.40. The van der Waals surface area contributed by atoms with Crippen LogP contribution < -0.4 is 25.0 Å². The van der Waals surface area contributed by atoms with E-state index in [1.54, 1.807) is 14.2 Å². The summed E-state index contributed by atoms with van der Waals surface area (Å²) in [5.41, 5.74) is 1.09. The van der Waals surface area contributed by atoms with Crippen molar-refractivity contribution in [3.8, 4) is 11.5 Å². The summed E-state index contributed by atoms with van der Waals surface area (Å²) in [4.78, 5) is 11.2. The summed E-state index contributed by atoms with van der Waals surface area (Å²) in [5, 5.41) is 6.62. The second-order valence-electron chi connectivity index (χ2n) is 7.57. The topological polar surface area (TPSA) is 80.2 Å². The summed E-state index contributed by atoms with van der Waals surface area (Å²) in [5.74, 6) is 3.26. The van der Waals surface area contributed by atoms with Crippen molar-refractivity contribution in [1.29, 1.82) is 0 Å². The second-order valence-corrected chi connectivity index (χ2v) is 7.57. The van der Waals surface area contributed by atoms with Crippen molar-refractivity contribution < 1.29 is 14.2 Å². The van der Waals surface area contributed by atoms with Gasteiger partial charge in [-0.25, -0.2) is 4.98 Å². The lowest BCUT2D eigenvalue weighted by molar-refractivity contribution is 0.0529. The van der Waals surface area contributed by atoms with Crippen molar-refractivity contribution in [2.45, 2.75) is 32.6 Å². The number of aromatic nitrogens is 1. The molecule has 0 saturated carbocycles. The largest absolute Gasteiger partial charge is 0.497 e. The third-order valence-electron chi connectivity index (χ3n) is 4.99. The summed E-state index contributed by atoms with van der Waals surface area (Å²) in [6.45, 7) is 7.84. The molecule has 0 spiro atoms. The zero-order chi connectivity index (χ0) is 22.1. The molecule has 168 valence electrons. The predicted octanol–water partition coefficient (Wildman–Crippen LogP) is 2.45. The number of methoxy groups -OCH3 is 1. The Morgan fingerprint density at radius 1 is 1.29 bits per heavy atom. The fraction of sp³-hybridized carbons (Fsp3) is 0.478. The summed E-state index contributed by atoms with van der Waals surface area (Å²) >= 11 is 0. The molecule has 2 N–H and O–H groups in total. The van der Waals surface area contributed by atoms with Crippen LogP contribution in [0.4, 0.5) is 5.82 Å². The van der Waals surface area contributed by atoms with E-state index in [9.17, 15) is 0 Å². The fourth-order valence-corrected chi connectivity index (χ4v) is 3.33. The zero-order valence-corrected chi connectivity index (χ0v) is 18.8. The maximum absolute atomic E-state index is 5.94. The van der Waals surface area contributed by atoms with Crippen LogP contribution in [0.5, 0.6) is 11.5 Å². The van der Waals surface area contributed by atoms with Crippen LogP contribution in [0.1, 0.15) is 19.4 Å². The van der Waals surface area contributed by atoms with Gasteiger partial charge in [0.25, 0.3) is 0 Å². The quantitative estimate of drug-likeness (QED) is 0.495. The first-order chi connectivity index (χ1) is 15.1. The first-order valence-electron chi connectivity index (χ1n) is 10.6. The van der Waals surface area contributed by atoms with Crippen LogP contribution in [-0.4, -0.2) is 63.6 Å². The van der Waals surface area contributed by atoms with Crippen LogP contribution >= 0.6 is 0 Å². The lowest BCUT2D eigenvalue weighted by atomic mass is 10.2. The molecule has 1 aliphatic heterocycles. The van der Waals surface area contributed by atoms with Crippen molar-refractivity contribution in [3.63, 3.8) is 0 Å². The van der Waals surface area contributed by atoms with E-state index in [0.717, 1.165) is 42.6 Å². The fourth-order valence-electron chi connectivity index (χ4n) is 3.33. The van der Waals surface area contributed by atoms with Crippen molar-refractivity contribution in [3.05, 3.63) is 48.2 Å². The highest BCUT2D eigenvalue weighted by atomic mass is 16.5. The zero-order valence-electron chi connectivity index (χ0n) is 18.8. The molecule has 2 unspecified atom stereocenters. The number of ether oxygens (including phenoxy) is 3. The summed E-state index contributed by atoms with van der Waals surface area (Å²) in [6, 6.07) is 11.8. The lowest BCUT2D eigenvalue weighted by Gasteiger charge is -2.32. The molecule has 1 aromatic heterocycles. The van der Waals surface area contributed by atoms with Gasteiger partial charge < -0.3 is 29.7 Å². The van der Waals surface area contributed by atoms with Gasteiger partial charge in [-0.3, -0.25) is 4.99 Å². The van der Waals surface area contributed by atoms with Crippen LogP contribution in [-0.2, 0) is 11.3 Å². The number of rotatable bonds is 8. The van der Waals surface area contributed by atoms with Crippen LogP contribution in [0.3, 0.4) is 0 Å². The Morgan fingerprint density at radius 2 is 2.13 bits per heavy atom. The average molecular weight is 428 g/mol. The highest BCUT2D eigenvalue weighted by Gasteiger charge is 2.17. The maximum Gasteiger partial charge on any atom is 0.191 e. The second kappa shape index (κ2) is 11.4. The number of pyridine rings is 1. The molecule has 2 atom stereocenters. The third-order valence-corrected chi connectivity index (χ3v) is 4.99. The summed E-state index contributed by atoms with van der Waals surface area (Å²) < 4.78 is 16.8. The van der Waals surface area contributed by atoms with Crippen molar-refractivity contribution in [1.82, 2.24) is 15.6 Å². The molecule has 8 heteroatoms. The molecule has 1 aromatic carbocycles. The van der Waals surface area contributed by atoms with Crippen molar-refractivity contribution in [2.24, 2.45) is 4.99 Å². The lowest BCUT2D eigenvalue weighted by Crippen LogP contribution is -2.42. The van der Waals surface area contributed by atoms with E-state index in [4.69, 9.17) is 14.2 Å². The van der Waals surface area contributed by atoms with Crippen LogP contribution in [0.2, 0.25) is 0 Å². The molecule has 3 rings (SSSR count). The van der Waals surface area contributed by atoms with Gasteiger partial charge in [-0.2, -0.15) is 0 Å². The van der Waals surface area contributed by atoms with E-state index in [1.807, 2.05) is 37.4 Å². The normalized spacial score (nSPS) is 17.7. The molecule has 0 bridgehead atoms. The molecule has 8 nitrogen and oxygen atoms in total. The van der Waals surface area contributed by atoms with E-state index in [2.05, 4.69) is 44.6 Å². The van der Waals surface area contributed by atoms with E-state index in [1.165, 1.54) is 0 Å². The Morgan fingerprint density at radius 3 is 2.84 bits per heavy atom. The average Bonchev–Trinajstić information content (AvgIpc) is 2.79. The number of aliphatic imine (C=N–C) groups is 1. The molecule has 2 heterocycles. The number of anilines is 1. The number of nitrogens with zero attached hydrogens (tertiary/aromatic N) is 3. The molecule has 1 aliphatic rings. The van der Waals surface area contributed by atoms with Gasteiger partial charge in [0.2, 0.25) is 0 Å². The van der Waals surface area contributed by atoms with Gasteiger partial charge >= 0.3 is 0 Å². The molecular weight excluding hydrogens is 394 g/mol. The van der Waals surface area contributed by atoms with Gasteiger partial charge in [0.15, 0.2) is 5.96 Å². The molecule has 0 amide bonds. The summed E-state index contributed by atoms with van der Waals surface area (Å²) in [6.07, 6.45) is 2.11. The first-order valence-corrected chi connectivity index (χ1v) is 10.6. The number of hydrogen-bond donors (Lipinski definition) is 2. The van der Waals surface area contributed by atoms with Gasteiger partial charge in [-0.1, -0.05) is 12.1 Å². The highest BCUT2D eigenvalue weighted by molar-refractivity contribution is 5.79. The molecule has 0 radical (unpaired) electrons. The molecule has 2 aromatic rings. The van der Waals surface area contributed by atoms with E-state index >= 15 is 0 Å². The number of guanidine groups is 1. The van der Waals surface area contributed by atoms with Gasteiger partial charge in [-0.15, -0.1) is 0 Å². The van der Waals surface area contributed by atoms with Crippen molar-refractivity contribution in [2.75, 3.05) is 45.3 Å². The number of nitrogens with one attached hydrogen (secondary N) is 2. The molecule has 31 heavy (non-hydrogen) atoms. The minimum Gasteiger partial charge on any atom is -0.497 e.